The summed E-state index contributed by atoms with van der Waals surface area (Å²) in [6.45, 7) is 3.26. The molecule has 1 unspecified atom stereocenters. The number of nitrogens with zero attached hydrogens (tertiary/aromatic N) is 1. The molecule has 152 valence electrons. The van der Waals surface area contributed by atoms with Gasteiger partial charge in [-0.2, -0.15) is 5.26 Å². The molecule has 30 heavy (non-hydrogen) atoms. The maximum atomic E-state index is 14.5. The lowest BCUT2D eigenvalue weighted by Gasteiger charge is -2.15. The minimum atomic E-state index is -1.02. The molecule has 1 atom stereocenters. The van der Waals surface area contributed by atoms with E-state index in [2.05, 4.69) is 11.4 Å². The second kappa shape index (κ2) is 8.85. The molecular weight excluding hydrogens is 386 g/mol. The second-order valence-corrected chi connectivity index (χ2v) is 7.12. The molecule has 0 radical (unpaired) electrons. The summed E-state index contributed by atoms with van der Waals surface area (Å²) < 4.78 is 28.3. The molecule has 3 aromatic carbocycles. The van der Waals surface area contributed by atoms with Gasteiger partial charge in [-0.05, 0) is 66.4 Å². The Morgan fingerprint density at radius 1 is 1.10 bits per heavy atom. The van der Waals surface area contributed by atoms with Crippen LogP contribution in [0.4, 0.5) is 8.78 Å². The van der Waals surface area contributed by atoms with Crippen molar-refractivity contribution >= 4 is 5.91 Å². The van der Waals surface area contributed by atoms with Crippen LogP contribution in [0.25, 0.3) is 22.3 Å². The van der Waals surface area contributed by atoms with Gasteiger partial charge in [0, 0.05) is 17.2 Å². The number of benzene rings is 3. The highest BCUT2D eigenvalue weighted by Crippen LogP contribution is 2.32. The van der Waals surface area contributed by atoms with E-state index in [0.29, 0.717) is 22.3 Å². The third kappa shape index (κ3) is 4.37. The highest BCUT2D eigenvalue weighted by Gasteiger charge is 2.17. The first-order valence-electron chi connectivity index (χ1n) is 9.36. The lowest BCUT2D eigenvalue weighted by atomic mass is 9.92. The number of nitrogens with one attached hydrogen (secondary N) is 1. The summed E-state index contributed by atoms with van der Waals surface area (Å²) in [7, 11) is 0. The van der Waals surface area contributed by atoms with Gasteiger partial charge in [-0.1, -0.05) is 24.3 Å². The highest BCUT2D eigenvalue weighted by atomic mass is 19.2. The van der Waals surface area contributed by atoms with Gasteiger partial charge in [-0.3, -0.25) is 4.79 Å². The Hall–Kier alpha value is -3.56. The fourth-order valence-electron chi connectivity index (χ4n) is 3.15. The van der Waals surface area contributed by atoms with E-state index in [1.165, 1.54) is 18.2 Å². The van der Waals surface area contributed by atoms with Crippen molar-refractivity contribution in [3.8, 4) is 28.3 Å². The molecule has 6 heteroatoms. The molecular formula is C24H20F2N2O2. The predicted octanol–water partition coefficient (Wildman–Crippen LogP) is 4.59. The molecule has 3 aromatic rings. The Morgan fingerprint density at radius 3 is 2.47 bits per heavy atom. The van der Waals surface area contributed by atoms with Crippen molar-refractivity contribution in [2.45, 2.75) is 19.9 Å². The molecule has 0 aliphatic heterocycles. The molecule has 0 spiro atoms. The molecule has 0 fully saturated rings. The predicted molar refractivity (Wildman–Crippen MR) is 111 cm³/mol. The molecule has 3 rings (SSSR count). The molecule has 2 N–H and O–H groups in total. The van der Waals surface area contributed by atoms with Crippen molar-refractivity contribution in [2.75, 3.05) is 6.61 Å². The zero-order valence-corrected chi connectivity index (χ0v) is 16.5. The minimum Gasteiger partial charge on any atom is -0.394 e. The van der Waals surface area contributed by atoms with Crippen LogP contribution >= 0.6 is 0 Å². The quantitative estimate of drug-likeness (QED) is 0.651. The van der Waals surface area contributed by atoms with E-state index in [4.69, 9.17) is 0 Å². The third-order valence-electron chi connectivity index (χ3n) is 4.72. The molecule has 0 saturated carbocycles. The number of amides is 1. The van der Waals surface area contributed by atoms with Gasteiger partial charge >= 0.3 is 0 Å². The number of nitriles is 1. The topological polar surface area (TPSA) is 73.1 Å². The van der Waals surface area contributed by atoms with E-state index in [0.717, 1.165) is 11.6 Å². The molecule has 0 bridgehead atoms. The Morgan fingerprint density at radius 2 is 1.80 bits per heavy atom. The summed E-state index contributed by atoms with van der Waals surface area (Å²) in [6, 6.07) is 15.5. The van der Waals surface area contributed by atoms with Gasteiger partial charge in [0.15, 0.2) is 11.6 Å². The summed E-state index contributed by atoms with van der Waals surface area (Å²) in [5.74, 6) is -2.48. The minimum absolute atomic E-state index is 0.00623. The summed E-state index contributed by atoms with van der Waals surface area (Å²) >= 11 is 0. The Bertz CT molecular complexity index is 1150. The van der Waals surface area contributed by atoms with Crippen LogP contribution in [0.2, 0.25) is 0 Å². The molecule has 0 aromatic heterocycles. The lowest BCUT2D eigenvalue weighted by Crippen LogP contribution is -2.35. The summed E-state index contributed by atoms with van der Waals surface area (Å²) in [6.07, 6.45) is 0. The molecule has 4 nitrogen and oxygen atoms in total. The monoisotopic (exact) mass is 406 g/mol. The second-order valence-electron chi connectivity index (χ2n) is 7.12. The average Bonchev–Trinajstić information content (AvgIpc) is 2.74. The number of halogens is 2. The van der Waals surface area contributed by atoms with Crippen molar-refractivity contribution in [1.29, 1.82) is 5.26 Å². The van der Waals surface area contributed by atoms with Crippen molar-refractivity contribution in [1.82, 2.24) is 5.32 Å². The first-order chi connectivity index (χ1) is 14.3. The van der Waals surface area contributed by atoms with Crippen LogP contribution in [-0.4, -0.2) is 23.7 Å². The first kappa shape index (κ1) is 21.2. The number of carbonyl (C=O) groups excluding carboxylic acids is 1. The molecule has 0 aliphatic rings. The van der Waals surface area contributed by atoms with Crippen molar-refractivity contribution in [2.24, 2.45) is 0 Å². The number of hydrogen-bond donors (Lipinski definition) is 2. The van der Waals surface area contributed by atoms with Crippen LogP contribution in [0.1, 0.15) is 28.4 Å². The maximum Gasteiger partial charge on any atom is 0.251 e. The summed E-state index contributed by atoms with van der Waals surface area (Å²) in [5.41, 5.74) is 2.92. The van der Waals surface area contributed by atoms with E-state index in [1.807, 2.05) is 13.0 Å². The molecule has 1 amide bonds. The van der Waals surface area contributed by atoms with Gasteiger partial charge in [-0.25, -0.2) is 8.78 Å². The fraction of sp³-hybridized carbons (Fsp3) is 0.167. The van der Waals surface area contributed by atoms with E-state index in [9.17, 15) is 23.9 Å². The van der Waals surface area contributed by atoms with E-state index < -0.39 is 23.6 Å². The number of hydrogen-bond acceptors (Lipinski definition) is 3. The van der Waals surface area contributed by atoms with Gasteiger partial charge in [-0.15, -0.1) is 0 Å². The highest BCUT2D eigenvalue weighted by molar-refractivity contribution is 5.97. The van der Waals surface area contributed by atoms with Gasteiger partial charge in [0.25, 0.3) is 5.91 Å². The maximum absolute atomic E-state index is 14.5. The number of aryl methyl sites for hydroxylation is 1. The Kier molecular flexibility index (Phi) is 6.24. The Balaban J connectivity index is 2.23. The number of aliphatic hydroxyl groups is 1. The fourth-order valence-corrected chi connectivity index (χ4v) is 3.15. The van der Waals surface area contributed by atoms with Crippen LogP contribution in [0, 0.1) is 29.9 Å². The van der Waals surface area contributed by atoms with E-state index in [-0.39, 0.29) is 17.7 Å². The van der Waals surface area contributed by atoms with Crippen molar-refractivity contribution in [3.63, 3.8) is 0 Å². The van der Waals surface area contributed by atoms with Gasteiger partial charge < -0.3 is 10.4 Å². The van der Waals surface area contributed by atoms with E-state index >= 15 is 0 Å². The van der Waals surface area contributed by atoms with Crippen molar-refractivity contribution in [3.05, 3.63) is 82.9 Å². The zero-order valence-electron chi connectivity index (χ0n) is 16.5. The number of carbonyl (C=O) groups is 1. The number of rotatable bonds is 5. The van der Waals surface area contributed by atoms with Crippen LogP contribution < -0.4 is 5.32 Å². The van der Waals surface area contributed by atoms with Crippen LogP contribution in [-0.2, 0) is 0 Å². The molecule has 0 heterocycles. The first-order valence-corrected chi connectivity index (χ1v) is 9.36. The largest absolute Gasteiger partial charge is 0.394 e. The van der Waals surface area contributed by atoms with Crippen molar-refractivity contribution < 1.29 is 18.7 Å². The van der Waals surface area contributed by atoms with E-state index in [1.54, 1.807) is 31.2 Å². The zero-order chi connectivity index (χ0) is 21.8. The van der Waals surface area contributed by atoms with Crippen LogP contribution in [0.5, 0.6) is 0 Å². The lowest BCUT2D eigenvalue weighted by molar-refractivity contribution is 0.0922. The van der Waals surface area contributed by atoms with Gasteiger partial charge in [0.2, 0.25) is 0 Å². The molecule has 0 aliphatic carbocycles. The standard InChI is InChI=1S/C24H20F2N2O2/c1-14-6-7-20(19(8-14)12-27)16-9-17(21-4-3-5-22(25)23(21)26)11-18(10-16)24(30)28-15(2)13-29/h3-11,15,29H,13H2,1-2H3,(H,28,30). The average molecular weight is 406 g/mol. The normalized spacial score (nSPS) is 11.6. The number of aliphatic hydroxyl groups excluding tert-OH is 1. The molecule has 0 saturated heterocycles. The Labute approximate surface area is 173 Å². The van der Waals surface area contributed by atoms with Crippen LogP contribution in [0.3, 0.4) is 0 Å². The van der Waals surface area contributed by atoms with Crippen LogP contribution in [0.15, 0.2) is 54.6 Å². The smallest absolute Gasteiger partial charge is 0.251 e. The van der Waals surface area contributed by atoms with Gasteiger partial charge in [0.05, 0.1) is 18.2 Å². The SMILES string of the molecule is Cc1ccc(-c2cc(C(=O)NC(C)CO)cc(-c3cccc(F)c3F)c2)c(C#N)c1. The summed E-state index contributed by atoms with van der Waals surface area (Å²) in [4.78, 5) is 12.7. The summed E-state index contributed by atoms with van der Waals surface area (Å²) in [5, 5.41) is 21.4. The van der Waals surface area contributed by atoms with Gasteiger partial charge in [0.1, 0.15) is 0 Å². The third-order valence-corrected chi connectivity index (χ3v) is 4.72.